The van der Waals surface area contributed by atoms with Gasteiger partial charge in [0, 0.05) is 16.3 Å². The maximum atomic E-state index is 12.7. The van der Waals surface area contributed by atoms with Crippen LogP contribution >= 0.6 is 23.4 Å². The molecule has 0 saturated carbocycles. The molecule has 3 aromatic rings. The van der Waals surface area contributed by atoms with Crippen molar-refractivity contribution in [2.75, 3.05) is 10.0 Å². The highest BCUT2D eigenvalue weighted by atomic mass is 35.5. The SMILES string of the molecule is CCCCc1ccc(NS(=O)(=O)c2ccc(NC(=O)[C@H](C)Sc3ccccc3Cl)cc2)cc1. The van der Waals surface area contributed by atoms with Gasteiger partial charge < -0.3 is 5.32 Å². The number of benzene rings is 3. The van der Waals surface area contributed by atoms with Gasteiger partial charge in [-0.1, -0.05) is 49.2 Å². The average Bonchev–Trinajstić information content (AvgIpc) is 2.80. The monoisotopic (exact) mass is 502 g/mol. The van der Waals surface area contributed by atoms with E-state index in [4.69, 9.17) is 11.6 Å². The number of halogens is 1. The highest BCUT2D eigenvalue weighted by Crippen LogP contribution is 2.30. The number of anilines is 2. The zero-order chi connectivity index (χ0) is 23.8. The Kier molecular flexibility index (Phi) is 8.83. The molecule has 1 atom stereocenters. The molecule has 8 heteroatoms. The number of rotatable bonds is 10. The zero-order valence-corrected chi connectivity index (χ0v) is 20.9. The van der Waals surface area contributed by atoms with Crippen LogP contribution in [0.15, 0.2) is 82.6 Å². The first-order chi connectivity index (χ1) is 15.8. The number of nitrogens with one attached hydrogen (secondary N) is 2. The molecule has 3 rings (SSSR count). The maximum Gasteiger partial charge on any atom is 0.261 e. The quantitative estimate of drug-likeness (QED) is 0.306. The van der Waals surface area contributed by atoms with Gasteiger partial charge >= 0.3 is 0 Å². The summed E-state index contributed by atoms with van der Waals surface area (Å²) in [4.78, 5) is 13.5. The van der Waals surface area contributed by atoms with Crippen molar-refractivity contribution in [1.82, 2.24) is 0 Å². The van der Waals surface area contributed by atoms with Crippen molar-refractivity contribution in [3.05, 3.63) is 83.4 Å². The van der Waals surface area contributed by atoms with Crippen LogP contribution in [0, 0.1) is 0 Å². The summed E-state index contributed by atoms with van der Waals surface area (Å²) < 4.78 is 28.0. The lowest BCUT2D eigenvalue weighted by molar-refractivity contribution is -0.115. The lowest BCUT2D eigenvalue weighted by atomic mass is 10.1. The molecule has 1 amide bonds. The van der Waals surface area contributed by atoms with Crippen LogP contribution in [0.4, 0.5) is 11.4 Å². The van der Waals surface area contributed by atoms with Gasteiger partial charge in [0.15, 0.2) is 0 Å². The van der Waals surface area contributed by atoms with E-state index in [1.54, 1.807) is 37.3 Å². The molecule has 0 aromatic heterocycles. The third kappa shape index (κ3) is 7.25. The van der Waals surface area contributed by atoms with E-state index in [0.29, 0.717) is 16.4 Å². The van der Waals surface area contributed by atoms with Crippen molar-refractivity contribution in [1.29, 1.82) is 0 Å². The number of hydrogen-bond donors (Lipinski definition) is 2. The molecule has 0 heterocycles. The van der Waals surface area contributed by atoms with Gasteiger partial charge in [-0.25, -0.2) is 8.42 Å². The predicted octanol–water partition coefficient (Wildman–Crippen LogP) is 6.60. The summed E-state index contributed by atoms with van der Waals surface area (Å²) >= 11 is 7.53. The highest BCUT2D eigenvalue weighted by Gasteiger charge is 2.17. The normalized spacial score (nSPS) is 12.2. The largest absolute Gasteiger partial charge is 0.325 e. The number of unbranched alkanes of at least 4 members (excludes halogenated alkanes) is 1. The molecule has 2 N–H and O–H groups in total. The van der Waals surface area contributed by atoms with Gasteiger partial charge in [0.25, 0.3) is 10.0 Å². The number of sulfonamides is 1. The van der Waals surface area contributed by atoms with Gasteiger partial charge in [-0.2, -0.15) is 0 Å². The van der Waals surface area contributed by atoms with Crippen LogP contribution in [0.1, 0.15) is 32.3 Å². The number of carbonyl (C=O) groups excluding carboxylic acids is 1. The van der Waals surface area contributed by atoms with Crippen molar-refractivity contribution < 1.29 is 13.2 Å². The fourth-order valence-corrected chi connectivity index (χ4v) is 5.29. The van der Waals surface area contributed by atoms with Gasteiger partial charge in [0.1, 0.15) is 0 Å². The standard InChI is InChI=1S/C25H27ClN2O3S2/c1-3-4-7-19-10-12-21(13-11-19)28-33(30,31)22-16-14-20(15-17-22)27-25(29)18(2)32-24-9-6-5-8-23(24)26/h5-6,8-18,28H,3-4,7H2,1-2H3,(H,27,29)/t18-/m0/s1. The van der Waals surface area contributed by atoms with Crippen molar-refractivity contribution in [2.24, 2.45) is 0 Å². The van der Waals surface area contributed by atoms with Gasteiger partial charge in [0.05, 0.1) is 15.2 Å². The Morgan fingerprint density at radius 2 is 1.61 bits per heavy atom. The predicted molar refractivity (Wildman–Crippen MR) is 138 cm³/mol. The van der Waals surface area contributed by atoms with Crippen LogP contribution in [-0.4, -0.2) is 19.6 Å². The summed E-state index contributed by atoms with van der Waals surface area (Å²) in [6.45, 7) is 3.93. The Hall–Kier alpha value is -2.48. The molecule has 0 bridgehead atoms. The second-order valence-corrected chi connectivity index (χ2v) is 11.1. The Labute approximate surface area is 205 Å². The van der Waals surface area contributed by atoms with E-state index in [0.717, 1.165) is 24.2 Å². The van der Waals surface area contributed by atoms with E-state index in [9.17, 15) is 13.2 Å². The van der Waals surface area contributed by atoms with E-state index in [1.165, 1.54) is 29.5 Å². The Morgan fingerprint density at radius 1 is 0.970 bits per heavy atom. The van der Waals surface area contributed by atoms with Crippen molar-refractivity contribution in [3.8, 4) is 0 Å². The maximum absolute atomic E-state index is 12.7. The fourth-order valence-electron chi connectivity index (χ4n) is 3.08. The van der Waals surface area contributed by atoms with E-state index in [-0.39, 0.29) is 16.1 Å². The third-order valence-corrected chi connectivity index (χ3v) is 7.98. The summed E-state index contributed by atoms with van der Waals surface area (Å²) in [6, 6.07) is 20.9. The molecule has 0 aliphatic carbocycles. The number of amides is 1. The molecule has 0 spiro atoms. The van der Waals surface area contributed by atoms with Crippen molar-refractivity contribution in [2.45, 2.75) is 48.2 Å². The Bertz CT molecular complexity index is 1180. The van der Waals surface area contributed by atoms with Gasteiger partial charge in [-0.15, -0.1) is 11.8 Å². The van der Waals surface area contributed by atoms with E-state index in [1.807, 2.05) is 30.3 Å². The summed E-state index contributed by atoms with van der Waals surface area (Å²) in [6.07, 6.45) is 3.20. The molecule has 174 valence electrons. The van der Waals surface area contributed by atoms with Crippen LogP contribution < -0.4 is 10.0 Å². The highest BCUT2D eigenvalue weighted by molar-refractivity contribution is 8.00. The summed E-state index contributed by atoms with van der Waals surface area (Å²) in [5, 5.41) is 3.03. The summed E-state index contributed by atoms with van der Waals surface area (Å²) in [5.74, 6) is -0.197. The summed E-state index contributed by atoms with van der Waals surface area (Å²) in [7, 11) is -3.73. The molecule has 0 aliphatic heterocycles. The second-order valence-electron chi connectivity index (χ2n) is 7.61. The molecule has 5 nitrogen and oxygen atoms in total. The molecular weight excluding hydrogens is 476 g/mol. The first-order valence-electron chi connectivity index (χ1n) is 10.7. The second kappa shape index (κ2) is 11.6. The first-order valence-corrected chi connectivity index (χ1v) is 13.5. The average molecular weight is 503 g/mol. The van der Waals surface area contributed by atoms with Crippen LogP contribution in [0.3, 0.4) is 0 Å². The molecule has 3 aromatic carbocycles. The molecule has 0 unspecified atom stereocenters. The lowest BCUT2D eigenvalue weighted by Crippen LogP contribution is -2.22. The molecule has 0 fully saturated rings. The topological polar surface area (TPSA) is 75.3 Å². The first kappa shape index (κ1) is 25.1. The van der Waals surface area contributed by atoms with Crippen LogP contribution in [-0.2, 0) is 21.2 Å². The minimum absolute atomic E-state index is 0.119. The molecule has 0 radical (unpaired) electrons. The minimum Gasteiger partial charge on any atom is -0.325 e. The number of hydrogen-bond acceptors (Lipinski definition) is 4. The van der Waals surface area contributed by atoms with Crippen LogP contribution in [0.2, 0.25) is 5.02 Å². The van der Waals surface area contributed by atoms with E-state index >= 15 is 0 Å². The number of thioether (sulfide) groups is 1. The van der Waals surface area contributed by atoms with Crippen LogP contribution in [0.5, 0.6) is 0 Å². The molecule has 33 heavy (non-hydrogen) atoms. The van der Waals surface area contributed by atoms with Crippen molar-refractivity contribution >= 4 is 50.7 Å². The van der Waals surface area contributed by atoms with Gasteiger partial charge in [-0.05, 0) is 73.9 Å². The summed E-state index contributed by atoms with van der Waals surface area (Å²) in [5.41, 5.74) is 2.21. The Morgan fingerprint density at radius 3 is 2.24 bits per heavy atom. The molecular formula is C25H27ClN2O3S2. The van der Waals surface area contributed by atoms with Crippen LogP contribution in [0.25, 0.3) is 0 Å². The Balaban J connectivity index is 1.60. The number of carbonyl (C=O) groups is 1. The molecule has 0 saturated heterocycles. The fraction of sp³-hybridized carbons (Fsp3) is 0.240. The number of aryl methyl sites for hydroxylation is 1. The molecule has 0 aliphatic rings. The lowest BCUT2D eigenvalue weighted by Gasteiger charge is -2.13. The van der Waals surface area contributed by atoms with Crippen molar-refractivity contribution in [3.63, 3.8) is 0 Å². The van der Waals surface area contributed by atoms with Gasteiger partial charge in [-0.3, -0.25) is 9.52 Å². The zero-order valence-electron chi connectivity index (χ0n) is 18.5. The smallest absolute Gasteiger partial charge is 0.261 e. The minimum atomic E-state index is -3.73. The third-order valence-electron chi connectivity index (χ3n) is 4.97. The van der Waals surface area contributed by atoms with E-state index < -0.39 is 10.0 Å². The van der Waals surface area contributed by atoms with E-state index in [2.05, 4.69) is 17.0 Å². The van der Waals surface area contributed by atoms with Gasteiger partial charge in [0.2, 0.25) is 5.91 Å².